The molecule has 1 heterocycles. The lowest BCUT2D eigenvalue weighted by Gasteiger charge is -2.18. The molecular weight excluding hydrogens is 295 g/mol. The highest BCUT2D eigenvalue weighted by molar-refractivity contribution is 6.31. The van der Waals surface area contributed by atoms with E-state index in [0.717, 1.165) is 0 Å². The van der Waals surface area contributed by atoms with Crippen LogP contribution in [0.4, 0.5) is 4.39 Å². The fraction of sp³-hybridized carbons (Fsp3) is 0.333. The van der Waals surface area contributed by atoms with E-state index in [2.05, 4.69) is 5.16 Å². The zero-order chi connectivity index (χ0) is 15.6. The SMILES string of the molecule is CCc1noc(C)c1C(=O)N(C)Cc1c(F)cccc1Cl. The van der Waals surface area contributed by atoms with Gasteiger partial charge in [-0.05, 0) is 25.5 Å². The molecule has 0 aliphatic carbocycles. The lowest BCUT2D eigenvalue weighted by molar-refractivity contribution is 0.0781. The van der Waals surface area contributed by atoms with Crippen LogP contribution in [-0.2, 0) is 13.0 Å². The maximum Gasteiger partial charge on any atom is 0.259 e. The number of rotatable bonds is 4. The van der Waals surface area contributed by atoms with Gasteiger partial charge >= 0.3 is 0 Å². The first kappa shape index (κ1) is 15.5. The Labute approximate surface area is 127 Å². The molecule has 2 rings (SSSR count). The number of hydrogen-bond acceptors (Lipinski definition) is 3. The smallest absolute Gasteiger partial charge is 0.259 e. The highest BCUT2D eigenvalue weighted by Gasteiger charge is 2.23. The fourth-order valence-corrected chi connectivity index (χ4v) is 2.34. The fourth-order valence-electron chi connectivity index (χ4n) is 2.12. The average molecular weight is 311 g/mol. The van der Waals surface area contributed by atoms with Gasteiger partial charge in [0.1, 0.15) is 17.1 Å². The number of hydrogen-bond donors (Lipinski definition) is 0. The van der Waals surface area contributed by atoms with Gasteiger partial charge in [0, 0.05) is 24.2 Å². The van der Waals surface area contributed by atoms with Gasteiger partial charge in [0.2, 0.25) is 0 Å². The summed E-state index contributed by atoms with van der Waals surface area (Å²) in [7, 11) is 1.59. The summed E-state index contributed by atoms with van der Waals surface area (Å²) in [5.74, 6) is -0.229. The van der Waals surface area contributed by atoms with Gasteiger partial charge in [0.05, 0.1) is 5.69 Å². The molecule has 2 aromatic rings. The third-order valence-electron chi connectivity index (χ3n) is 3.29. The summed E-state index contributed by atoms with van der Waals surface area (Å²) >= 11 is 5.98. The molecule has 112 valence electrons. The Morgan fingerprint density at radius 1 is 1.48 bits per heavy atom. The Balaban J connectivity index is 2.26. The number of aryl methyl sites for hydroxylation is 2. The summed E-state index contributed by atoms with van der Waals surface area (Å²) in [4.78, 5) is 13.9. The average Bonchev–Trinajstić information content (AvgIpc) is 2.83. The van der Waals surface area contributed by atoms with E-state index in [9.17, 15) is 9.18 Å². The topological polar surface area (TPSA) is 46.3 Å². The van der Waals surface area contributed by atoms with Crippen molar-refractivity contribution in [2.75, 3.05) is 7.05 Å². The van der Waals surface area contributed by atoms with Crippen molar-refractivity contribution in [1.82, 2.24) is 10.1 Å². The number of carbonyl (C=O) groups excluding carboxylic acids is 1. The lowest BCUT2D eigenvalue weighted by Crippen LogP contribution is -2.27. The van der Waals surface area contributed by atoms with Crippen LogP contribution in [0.5, 0.6) is 0 Å². The molecule has 0 fully saturated rings. The molecule has 0 unspecified atom stereocenters. The zero-order valence-corrected chi connectivity index (χ0v) is 12.9. The van der Waals surface area contributed by atoms with Crippen LogP contribution in [0.1, 0.15) is 34.3 Å². The predicted molar refractivity (Wildman–Crippen MR) is 77.8 cm³/mol. The second-order valence-electron chi connectivity index (χ2n) is 4.78. The lowest BCUT2D eigenvalue weighted by atomic mass is 10.1. The van der Waals surface area contributed by atoms with E-state index in [1.807, 2.05) is 6.92 Å². The van der Waals surface area contributed by atoms with Crippen molar-refractivity contribution >= 4 is 17.5 Å². The molecule has 6 heteroatoms. The van der Waals surface area contributed by atoms with E-state index in [-0.39, 0.29) is 12.5 Å². The van der Waals surface area contributed by atoms with E-state index in [1.165, 1.54) is 17.0 Å². The van der Waals surface area contributed by atoms with Gasteiger partial charge in [0.15, 0.2) is 0 Å². The summed E-state index contributed by atoms with van der Waals surface area (Å²) in [6.45, 7) is 3.66. The molecule has 0 saturated carbocycles. The quantitative estimate of drug-likeness (QED) is 0.866. The minimum atomic E-state index is -0.431. The first-order chi connectivity index (χ1) is 9.95. The molecule has 21 heavy (non-hydrogen) atoms. The minimum absolute atomic E-state index is 0.0815. The molecule has 1 amide bonds. The van der Waals surface area contributed by atoms with Crippen LogP contribution < -0.4 is 0 Å². The molecule has 4 nitrogen and oxygen atoms in total. The highest BCUT2D eigenvalue weighted by atomic mass is 35.5. The third kappa shape index (κ3) is 3.08. The molecule has 0 bridgehead atoms. The summed E-state index contributed by atoms with van der Waals surface area (Å²) < 4.78 is 18.8. The normalized spacial score (nSPS) is 10.7. The van der Waals surface area contributed by atoms with Crippen molar-refractivity contribution in [3.63, 3.8) is 0 Å². The van der Waals surface area contributed by atoms with Crippen LogP contribution in [0, 0.1) is 12.7 Å². The van der Waals surface area contributed by atoms with Gasteiger partial charge in [-0.3, -0.25) is 4.79 Å². The maximum absolute atomic E-state index is 13.8. The number of amides is 1. The minimum Gasteiger partial charge on any atom is -0.361 e. The van der Waals surface area contributed by atoms with Gasteiger partial charge in [-0.1, -0.05) is 29.7 Å². The van der Waals surface area contributed by atoms with Crippen molar-refractivity contribution in [3.05, 3.63) is 51.6 Å². The number of carbonyl (C=O) groups is 1. The molecule has 1 aromatic heterocycles. The van der Waals surface area contributed by atoms with Crippen LogP contribution in [0.3, 0.4) is 0 Å². The number of benzene rings is 1. The Morgan fingerprint density at radius 2 is 2.19 bits per heavy atom. The van der Waals surface area contributed by atoms with E-state index in [0.29, 0.717) is 34.0 Å². The maximum atomic E-state index is 13.8. The third-order valence-corrected chi connectivity index (χ3v) is 3.64. The van der Waals surface area contributed by atoms with Gasteiger partial charge in [-0.2, -0.15) is 0 Å². The molecular formula is C15H16ClFN2O2. The zero-order valence-electron chi connectivity index (χ0n) is 12.1. The first-order valence-corrected chi connectivity index (χ1v) is 6.97. The van der Waals surface area contributed by atoms with E-state index < -0.39 is 5.82 Å². The summed E-state index contributed by atoms with van der Waals surface area (Å²) in [5.41, 5.74) is 1.33. The van der Waals surface area contributed by atoms with Gasteiger partial charge in [-0.25, -0.2) is 4.39 Å². The van der Waals surface area contributed by atoms with Crippen LogP contribution in [0.25, 0.3) is 0 Å². The van der Waals surface area contributed by atoms with Crippen LogP contribution in [0.2, 0.25) is 5.02 Å². The molecule has 0 saturated heterocycles. The number of aromatic nitrogens is 1. The Kier molecular flexibility index (Phi) is 4.63. The van der Waals surface area contributed by atoms with Crippen LogP contribution in [-0.4, -0.2) is 23.0 Å². The van der Waals surface area contributed by atoms with E-state index in [4.69, 9.17) is 16.1 Å². The molecule has 0 N–H and O–H groups in total. The molecule has 0 radical (unpaired) electrons. The molecule has 0 atom stereocenters. The first-order valence-electron chi connectivity index (χ1n) is 6.59. The van der Waals surface area contributed by atoms with Crippen molar-refractivity contribution < 1.29 is 13.7 Å². The van der Waals surface area contributed by atoms with E-state index >= 15 is 0 Å². The van der Waals surface area contributed by atoms with Crippen molar-refractivity contribution in [2.45, 2.75) is 26.8 Å². The second-order valence-corrected chi connectivity index (χ2v) is 5.18. The Hall–Kier alpha value is -1.88. The van der Waals surface area contributed by atoms with Crippen molar-refractivity contribution in [3.8, 4) is 0 Å². The molecule has 1 aromatic carbocycles. The standard InChI is InChI=1S/C15H16ClFN2O2/c1-4-13-14(9(2)21-18-13)15(20)19(3)8-10-11(16)6-5-7-12(10)17/h5-7H,4,8H2,1-3H3. The number of halogens is 2. The largest absolute Gasteiger partial charge is 0.361 e. The predicted octanol–water partition coefficient (Wildman–Crippen LogP) is 3.61. The van der Waals surface area contributed by atoms with Crippen LogP contribution >= 0.6 is 11.6 Å². The monoisotopic (exact) mass is 310 g/mol. The Morgan fingerprint density at radius 3 is 2.81 bits per heavy atom. The molecule has 0 aliphatic rings. The Bertz CT molecular complexity index is 649. The molecule has 0 aliphatic heterocycles. The van der Waals surface area contributed by atoms with Gasteiger partial charge in [-0.15, -0.1) is 0 Å². The van der Waals surface area contributed by atoms with Gasteiger partial charge < -0.3 is 9.42 Å². The highest BCUT2D eigenvalue weighted by Crippen LogP contribution is 2.22. The molecule has 0 spiro atoms. The van der Waals surface area contributed by atoms with Crippen molar-refractivity contribution in [1.29, 1.82) is 0 Å². The van der Waals surface area contributed by atoms with Crippen molar-refractivity contribution in [2.24, 2.45) is 0 Å². The number of nitrogens with zero attached hydrogens (tertiary/aromatic N) is 2. The van der Waals surface area contributed by atoms with E-state index in [1.54, 1.807) is 20.0 Å². The second kappa shape index (κ2) is 6.26. The summed E-state index contributed by atoms with van der Waals surface area (Å²) in [6.07, 6.45) is 0.590. The van der Waals surface area contributed by atoms with Gasteiger partial charge in [0.25, 0.3) is 5.91 Å². The summed E-state index contributed by atoms with van der Waals surface area (Å²) in [5, 5.41) is 4.16. The summed E-state index contributed by atoms with van der Waals surface area (Å²) in [6, 6.07) is 4.45. The van der Waals surface area contributed by atoms with Crippen LogP contribution in [0.15, 0.2) is 22.7 Å².